The van der Waals surface area contributed by atoms with E-state index in [-0.39, 0.29) is 36.4 Å². The summed E-state index contributed by atoms with van der Waals surface area (Å²) in [6, 6.07) is 13.0. The monoisotopic (exact) mass is 978 g/mol. The molecule has 0 radical (unpaired) electrons. The minimum Gasteiger partial charge on any atom is -0.480 e. The first kappa shape index (κ1) is 46.6. The van der Waals surface area contributed by atoms with Crippen molar-refractivity contribution in [3.05, 3.63) is 98.6 Å². The van der Waals surface area contributed by atoms with Gasteiger partial charge in [-0.15, -0.1) is 11.3 Å². The Morgan fingerprint density at radius 3 is 2.35 bits per heavy atom. The molecule has 5 amide bonds. The average Bonchev–Trinajstić information content (AvgIpc) is 3.87. The minimum atomic E-state index is -0.992. The van der Waals surface area contributed by atoms with Crippen LogP contribution in [0.5, 0.6) is 5.88 Å². The smallest absolute Gasteiger partial charge is 0.269 e. The van der Waals surface area contributed by atoms with Gasteiger partial charge in [0.05, 0.1) is 41.1 Å². The summed E-state index contributed by atoms with van der Waals surface area (Å²) in [5.74, 6) is -0.593. The molecule has 6 aliphatic rings. The molecule has 18 heteroatoms. The van der Waals surface area contributed by atoms with Crippen LogP contribution in [0.4, 0.5) is 28.7 Å². The molecule has 9 heterocycles. The van der Waals surface area contributed by atoms with E-state index in [9.17, 15) is 29.1 Å². The summed E-state index contributed by atoms with van der Waals surface area (Å²) in [5.41, 5.74) is 7.68. The van der Waals surface area contributed by atoms with Gasteiger partial charge in [0, 0.05) is 91.4 Å². The third kappa shape index (κ3) is 8.38. The molecule has 368 valence electrons. The van der Waals surface area contributed by atoms with Gasteiger partial charge in [0.1, 0.15) is 23.4 Å². The van der Waals surface area contributed by atoms with Gasteiger partial charge in [0.2, 0.25) is 17.7 Å². The maximum Gasteiger partial charge on any atom is 0.269 e. The number of nitrogens with one attached hydrogen (secondary N) is 2. The Kier molecular flexibility index (Phi) is 12.3. The lowest BCUT2D eigenvalue weighted by molar-refractivity contribution is -0.136. The van der Waals surface area contributed by atoms with E-state index in [0.717, 1.165) is 103 Å². The van der Waals surface area contributed by atoms with Crippen molar-refractivity contribution < 1.29 is 33.8 Å². The van der Waals surface area contributed by atoms with Crippen LogP contribution in [0.3, 0.4) is 0 Å². The number of aryl methyl sites for hydroxylation is 1. The Bertz CT molecular complexity index is 2980. The summed E-state index contributed by atoms with van der Waals surface area (Å²) in [7, 11) is 1.57. The van der Waals surface area contributed by atoms with Gasteiger partial charge in [-0.2, -0.15) is 0 Å². The molecular weight excluding hydrogens is 921 g/mol. The number of amides is 5. The van der Waals surface area contributed by atoms with E-state index in [1.54, 1.807) is 54.8 Å². The number of rotatable bonds is 10. The predicted octanol–water partition coefficient (Wildman–Crippen LogP) is 6.46. The van der Waals surface area contributed by atoms with Crippen LogP contribution in [0.25, 0.3) is 11.1 Å². The van der Waals surface area contributed by atoms with Crippen LogP contribution in [-0.4, -0.2) is 123 Å². The summed E-state index contributed by atoms with van der Waals surface area (Å²) in [6.07, 6.45) is 11.6. The van der Waals surface area contributed by atoms with Crippen LogP contribution < -0.4 is 30.1 Å². The number of aliphatic hydroxyl groups is 1. The molecule has 71 heavy (non-hydrogen) atoms. The van der Waals surface area contributed by atoms with E-state index in [2.05, 4.69) is 50.2 Å². The number of carbonyl (C=O) groups is 5. The number of thiophene rings is 1. The van der Waals surface area contributed by atoms with Gasteiger partial charge in [-0.25, -0.2) is 15.0 Å². The Labute approximate surface area is 416 Å². The fourth-order valence-electron chi connectivity index (χ4n) is 11.9. The van der Waals surface area contributed by atoms with Gasteiger partial charge in [-0.3, -0.25) is 44.0 Å². The zero-order chi connectivity index (χ0) is 49.2. The number of hydrogen-bond acceptors (Lipinski definition) is 15. The Balaban J connectivity index is 0.732. The number of aromatic nitrogens is 3. The van der Waals surface area contributed by atoms with Crippen LogP contribution >= 0.6 is 11.3 Å². The van der Waals surface area contributed by atoms with Gasteiger partial charge in [-0.05, 0) is 131 Å². The van der Waals surface area contributed by atoms with Crippen LogP contribution in [0.15, 0.2) is 61.1 Å². The Morgan fingerprint density at radius 2 is 1.59 bits per heavy atom. The first-order valence-electron chi connectivity index (χ1n) is 24.9. The van der Waals surface area contributed by atoms with Crippen molar-refractivity contribution in [3.63, 3.8) is 0 Å². The normalized spacial score (nSPS) is 23.1. The molecule has 0 bridgehead atoms. The highest BCUT2D eigenvalue weighted by Crippen LogP contribution is 2.42. The summed E-state index contributed by atoms with van der Waals surface area (Å²) in [6.45, 7) is 10.1. The number of carbonyl (C=O) groups excluding carboxylic acids is 5. The number of nitrogens with zero attached hydrogens (tertiary/aromatic N) is 8. The third-order valence-electron chi connectivity index (χ3n) is 15.4. The van der Waals surface area contributed by atoms with Crippen molar-refractivity contribution >= 4 is 69.6 Å². The van der Waals surface area contributed by atoms with Crippen LogP contribution in [0.1, 0.15) is 117 Å². The first-order chi connectivity index (χ1) is 34.4. The van der Waals surface area contributed by atoms with Crippen molar-refractivity contribution in [1.29, 1.82) is 0 Å². The molecule has 11 rings (SSSR count). The molecule has 3 N–H and O–H groups in total. The number of anilines is 5. The maximum atomic E-state index is 14.1. The molecule has 1 aromatic carbocycles. The standard InChI is InChI=1S/C53H58N10O7S/c1-29-23-33(16-19-60(29)34-9-11-39-40(25-34)52(68)63(51(39)67)42-12-14-45(65)58-49(42)66)59-21-22-61(30(2)28-59)35-10-13-44(55-27-35)57-41-24-32(26-56-50(41)70-4)36-15-18-54-48(46(36)31(3)64)62-20-17-38-37-7-5-6-8-43(37)71-47(38)53(62)69/h9-11,13,15,18,24-27,29-31,33,42,64H,5-8,12,14,16-17,19-23,28H2,1-4H3,(H,55,57)(H,58,65,66)/t29-,30-,31-,33?,42?/m0/s1. The van der Waals surface area contributed by atoms with Gasteiger partial charge in [-0.1, -0.05) is 0 Å². The SMILES string of the molecule is COc1ncc(-c2ccnc(N3CCc4c(sc5c4CCCC5)C3=O)c2[C@H](C)O)cc1Nc1ccc(N2CCN(C3CCN(c4ccc5c(c4)C(=O)N(C4CCC(=O)NC4=O)C5=O)[C@@H](C)C3)C[C@@H]2C)cn1. The first-order valence-corrected chi connectivity index (χ1v) is 25.7. The second-order valence-electron chi connectivity index (χ2n) is 19.7. The molecule has 1 aliphatic carbocycles. The van der Waals surface area contributed by atoms with Gasteiger partial charge < -0.3 is 25.0 Å². The molecule has 5 aromatic rings. The molecule has 5 aliphatic heterocycles. The lowest BCUT2D eigenvalue weighted by Crippen LogP contribution is -2.58. The van der Waals surface area contributed by atoms with Crippen LogP contribution in [0.2, 0.25) is 0 Å². The predicted molar refractivity (Wildman–Crippen MR) is 270 cm³/mol. The summed E-state index contributed by atoms with van der Waals surface area (Å²) >= 11 is 1.63. The van der Waals surface area contributed by atoms with Crippen molar-refractivity contribution in [2.75, 3.05) is 59.9 Å². The van der Waals surface area contributed by atoms with Crippen molar-refractivity contribution in [2.45, 2.75) is 109 Å². The van der Waals surface area contributed by atoms with Crippen molar-refractivity contribution in [1.82, 2.24) is 30.1 Å². The molecule has 17 nitrogen and oxygen atoms in total. The molecule has 3 saturated heterocycles. The molecule has 3 fully saturated rings. The largest absolute Gasteiger partial charge is 0.480 e. The van der Waals surface area contributed by atoms with Gasteiger partial charge in [0.25, 0.3) is 17.7 Å². The molecular formula is C53H58N10O7S. The highest BCUT2D eigenvalue weighted by molar-refractivity contribution is 7.14. The number of piperidine rings is 2. The zero-order valence-corrected chi connectivity index (χ0v) is 41.3. The van der Waals surface area contributed by atoms with Crippen molar-refractivity contribution in [2.24, 2.45) is 0 Å². The summed E-state index contributed by atoms with van der Waals surface area (Å²) in [4.78, 5) is 91.6. The van der Waals surface area contributed by atoms with Gasteiger partial charge in [0.15, 0.2) is 0 Å². The van der Waals surface area contributed by atoms with E-state index >= 15 is 0 Å². The number of benzene rings is 1. The highest BCUT2D eigenvalue weighted by atomic mass is 32.1. The quantitative estimate of drug-likeness (QED) is 0.129. The molecule has 4 aromatic heterocycles. The number of fused-ring (bicyclic) bond motifs is 4. The van der Waals surface area contributed by atoms with Gasteiger partial charge >= 0.3 is 0 Å². The number of imide groups is 2. The molecule has 5 atom stereocenters. The fourth-order valence-corrected chi connectivity index (χ4v) is 13.3. The topological polar surface area (TPSA) is 194 Å². The number of piperazine rings is 1. The lowest BCUT2D eigenvalue weighted by Gasteiger charge is -2.48. The van der Waals surface area contributed by atoms with Crippen LogP contribution in [0, 0.1) is 0 Å². The lowest BCUT2D eigenvalue weighted by atomic mass is 9.91. The number of hydrogen-bond donors (Lipinski definition) is 3. The number of methoxy groups -OCH3 is 1. The Hall–Kier alpha value is -6.76. The minimum absolute atomic E-state index is 0.0519. The average molecular weight is 979 g/mol. The second-order valence-corrected chi connectivity index (χ2v) is 20.8. The number of pyridine rings is 3. The highest BCUT2D eigenvalue weighted by Gasteiger charge is 2.45. The van der Waals surface area contributed by atoms with E-state index < -0.39 is 35.8 Å². The summed E-state index contributed by atoms with van der Waals surface area (Å²) < 4.78 is 5.69. The maximum absolute atomic E-state index is 14.1. The number of ether oxygens (including phenoxy) is 1. The fraction of sp³-hybridized carbons (Fsp3) is 0.434. The van der Waals surface area contributed by atoms with E-state index in [1.807, 2.05) is 30.5 Å². The molecule has 0 spiro atoms. The second kappa shape index (κ2) is 18.8. The van der Waals surface area contributed by atoms with Crippen molar-refractivity contribution in [3.8, 4) is 17.0 Å². The molecule has 0 saturated carbocycles. The summed E-state index contributed by atoms with van der Waals surface area (Å²) in [5, 5.41) is 17.0. The number of aliphatic hydroxyl groups excluding tert-OH is 1. The van der Waals surface area contributed by atoms with Crippen LogP contribution in [-0.2, 0) is 28.9 Å². The Morgan fingerprint density at radius 1 is 0.789 bits per heavy atom. The van der Waals surface area contributed by atoms with E-state index in [0.29, 0.717) is 46.9 Å². The van der Waals surface area contributed by atoms with E-state index in [4.69, 9.17) is 14.7 Å². The van der Waals surface area contributed by atoms with E-state index in [1.165, 1.54) is 16.0 Å². The zero-order valence-electron chi connectivity index (χ0n) is 40.4. The molecule has 2 unspecified atom stereocenters. The third-order valence-corrected chi connectivity index (χ3v) is 16.7.